The monoisotopic (exact) mass is 404 g/mol. The quantitative estimate of drug-likeness (QED) is 0.241. The fraction of sp³-hybridized carbons (Fsp3) is 0.944. The molecule has 0 radical (unpaired) electrons. The summed E-state index contributed by atoms with van der Waals surface area (Å²) in [6.45, 7) is 2.27. The van der Waals surface area contributed by atoms with Crippen molar-refractivity contribution in [1.29, 1.82) is 0 Å². The van der Waals surface area contributed by atoms with Gasteiger partial charge in [0.25, 0.3) is 0 Å². The molecule has 0 aromatic carbocycles. The zero-order valence-corrected chi connectivity index (χ0v) is 18.8. The Morgan fingerprint density at radius 1 is 0.636 bits per heavy atom. The van der Waals surface area contributed by atoms with Gasteiger partial charge in [0, 0.05) is 43.0 Å². The van der Waals surface area contributed by atoms with Gasteiger partial charge in [-0.1, -0.05) is 96.8 Å². The third-order valence-electron chi connectivity index (χ3n) is 3.99. The molecule has 0 spiro atoms. The van der Waals surface area contributed by atoms with E-state index in [4.69, 9.17) is 5.11 Å². The SMILES string of the molecule is CCCCCCCCCCCCCCCCCC(=O)O.[Fe].[Zn]. The number of hydrogen-bond donors (Lipinski definition) is 1. The topological polar surface area (TPSA) is 37.3 Å². The second kappa shape index (κ2) is 23.9. The van der Waals surface area contributed by atoms with E-state index in [-0.39, 0.29) is 36.5 Å². The van der Waals surface area contributed by atoms with Crippen molar-refractivity contribution < 1.29 is 46.4 Å². The third-order valence-corrected chi connectivity index (χ3v) is 3.99. The minimum atomic E-state index is -0.653. The van der Waals surface area contributed by atoms with Gasteiger partial charge < -0.3 is 5.11 Å². The Hall–Kier alpha value is 0.613. The van der Waals surface area contributed by atoms with Crippen molar-refractivity contribution >= 4 is 5.97 Å². The molecule has 0 bridgehead atoms. The van der Waals surface area contributed by atoms with Crippen LogP contribution < -0.4 is 0 Å². The number of hydrogen-bond acceptors (Lipinski definition) is 1. The Balaban J connectivity index is -0.00000180. The van der Waals surface area contributed by atoms with Gasteiger partial charge in [0.15, 0.2) is 0 Å². The smallest absolute Gasteiger partial charge is 0.303 e. The molecule has 130 valence electrons. The summed E-state index contributed by atoms with van der Waals surface area (Å²) in [5, 5.41) is 8.52. The first kappa shape index (κ1) is 27.5. The van der Waals surface area contributed by atoms with Crippen molar-refractivity contribution in [2.24, 2.45) is 0 Å². The molecule has 0 atom stereocenters. The van der Waals surface area contributed by atoms with Crippen LogP contribution in [0.1, 0.15) is 110 Å². The van der Waals surface area contributed by atoms with E-state index in [1.54, 1.807) is 0 Å². The van der Waals surface area contributed by atoms with Gasteiger partial charge in [0.1, 0.15) is 0 Å². The second-order valence-corrected chi connectivity index (χ2v) is 6.09. The molecular formula is C18H36FeO2Zn. The van der Waals surface area contributed by atoms with E-state index >= 15 is 0 Å². The summed E-state index contributed by atoms with van der Waals surface area (Å²) in [4.78, 5) is 10.3. The molecule has 0 aliphatic rings. The first-order valence-electron chi connectivity index (χ1n) is 8.99. The molecule has 0 aliphatic heterocycles. The van der Waals surface area contributed by atoms with Crippen LogP contribution in [0.5, 0.6) is 0 Å². The van der Waals surface area contributed by atoms with Crippen LogP contribution in [0.2, 0.25) is 0 Å². The van der Waals surface area contributed by atoms with Gasteiger partial charge in [-0.15, -0.1) is 0 Å². The maximum absolute atomic E-state index is 10.3. The molecule has 0 heterocycles. The Labute approximate surface area is 161 Å². The van der Waals surface area contributed by atoms with Crippen LogP contribution >= 0.6 is 0 Å². The van der Waals surface area contributed by atoms with Crippen molar-refractivity contribution in [3.8, 4) is 0 Å². The molecule has 0 aliphatic carbocycles. The minimum absolute atomic E-state index is 0. The van der Waals surface area contributed by atoms with Gasteiger partial charge in [-0.05, 0) is 6.42 Å². The average Bonchev–Trinajstić information content (AvgIpc) is 2.43. The standard InChI is InChI=1S/C18H36O2.Fe.Zn/c1-2-3-4-5-6-7-8-9-10-11-12-13-14-15-16-17-18(19)20;;/h2-17H2,1H3,(H,19,20);;. The first-order valence-corrected chi connectivity index (χ1v) is 8.99. The van der Waals surface area contributed by atoms with Gasteiger partial charge in [-0.2, -0.15) is 0 Å². The summed E-state index contributed by atoms with van der Waals surface area (Å²) >= 11 is 0. The van der Waals surface area contributed by atoms with E-state index in [1.165, 1.54) is 83.5 Å². The van der Waals surface area contributed by atoms with Crippen LogP contribution in [0.3, 0.4) is 0 Å². The van der Waals surface area contributed by atoms with Gasteiger partial charge in [0.05, 0.1) is 0 Å². The van der Waals surface area contributed by atoms with Crippen molar-refractivity contribution in [3.05, 3.63) is 0 Å². The summed E-state index contributed by atoms with van der Waals surface area (Å²) in [6, 6.07) is 0. The maximum Gasteiger partial charge on any atom is 0.303 e. The van der Waals surface area contributed by atoms with Gasteiger partial charge in [0.2, 0.25) is 0 Å². The summed E-state index contributed by atoms with van der Waals surface area (Å²) in [6.07, 6.45) is 20.2. The summed E-state index contributed by atoms with van der Waals surface area (Å²) in [5.74, 6) is -0.653. The van der Waals surface area contributed by atoms with Crippen molar-refractivity contribution in [2.75, 3.05) is 0 Å². The van der Waals surface area contributed by atoms with Crippen molar-refractivity contribution in [3.63, 3.8) is 0 Å². The van der Waals surface area contributed by atoms with Crippen LogP contribution in [-0.4, -0.2) is 11.1 Å². The molecular weight excluding hydrogens is 369 g/mol. The fourth-order valence-electron chi connectivity index (χ4n) is 2.65. The number of unbranched alkanes of at least 4 members (excludes halogenated alkanes) is 14. The predicted octanol–water partition coefficient (Wildman–Crippen LogP) is 6.33. The van der Waals surface area contributed by atoms with Crippen molar-refractivity contribution in [2.45, 2.75) is 110 Å². The number of carbonyl (C=O) groups is 1. The Kier molecular flexibility index (Phi) is 29.8. The largest absolute Gasteiger partial charge is 0.481 e. The molecule has 0 amide bonds. The van der Waals surface area contributed by atoms with Crippen LogP contribution in [0.25, 0.3) is 0 Å². The second-order valence-electron chi connectivity index (χ2n) is 6.09. The van der Waals surface area contributed by atoms with Gasteiger partial charge in [-0.3, -0.25) is 4.79 Å². The Morgan fingerprint density at radius 2 is 0.909 bits per heavy atom. The van der Waals surface area contributed by atoms with Crippen LogP contribution in [0, 0.1) is 0 Å². The van der Waals surface area contributed by atoms with E-state index in [9.17, 15) is 4.79 Å². The fourth-order valence-corrected chi connectivity index (χ4v) is 2.65. The molecule has 0 saturated heterocycles. The minimum Gasteiger partial charge on any atom is -0.481 e. The van der Waals surface area contributed by atoms with E-state index in [1.807, 2.05) is 0 Å². The number of carboxylic acids is 1. The Bertz CT molecular complexity index is 213. The molecule has 0 saturated carbocycles. The van der Waals surface area contributed by atoms with Crippen LogP contribution in [0.15, 0.2) is 0 Å². The number of aliphatic carboxylic acids is 1. The normalized spacial score (nSPS) is 9.86. The molecule has 22 heavy (non-hydrogen) atoms. The van der Waals surface area contributed by atoms with Crippen LogP contribution in [-0.2, 0) is 41.3 Å². The molecule has 0 unspecified atom stereocenters. The van der Waals surface area contributed by atoms with E-state index < -0.39 is 5.97 Å². The van der Waals surface area contributed by atoms with E-state index in [2.05, 4.69) is 6.92 Å². The van der Waals surface area contributed by atoms with Gasteiger partial charge in [-0.25, -0.2) is 0 Å². The average molecular weight is 406 g/mol. The van der Waals surface area contributed by atoms with Crippen molar-refractivity contribution in [1.82, 2.24) is 0 Å². The summed E-state index contributed by atoms with van der Waals surface area (Å²) in [5.41, 5.74) is 0. The number of rotatable bonds is 16. The molecule has 4 heteroatoms. The zero-order valence-electron chi connectivity index (χ0n) is 14.7. The zero-order chi connectivity index (χ0) is 14.9. The molecule has 2 nitrogen and oxygen atoms in total. The first-order chi connectivity index (χ1) is 9.77. The Morgan fingerprint density at radius 3 is 1.18 bits per heavy atom. The molecule has 1 N–H and O–H groups in total. The molecule has 0 fully saturated rings. The third kappa shape index (κ3) is 25.6. The van der Waals surface area contributed by atoms with E-state index in [0.29, 0.717) is 6.42 Å². The summed E-state index contributed by atoms with van der Waals surface area (Å²) < 4.78 is 0. The molecule has 0 rings (SSSR count). The summed E-state index contributed by atoms with van der Waals surface area (Å²) in [7, 11) is 0. The predicted molar refractivity (Wildman–Crippen MR) is 87.2 cm³/mol. The molecule has 0 aromatic heterocycles. The van der Waals surface area contributed by atoms with Gasteiger partial charge >= 0.3 is 5.97 Å². The maximum atomic E-state index is 10.3. The molecule has 0 aromatic rings. The number of carboxylic acid groups (broad SMARTS) is 1. The van der Waals surface area contributed by atoms with E-state index in [0.717, 1.165) is 12.8 Å². The van der Waals surface area contributed by atoms with Crippen LogP contribution in [0.4, 0.5) is 0 Å².